The number of nitrogens with two attached hydrogens (primary N) is 1. The molecule has 0 spiro atoms. The topological polar surface area (TPSA) is 69.6 Å². The first-order valence-electron chi connectivity index (χ1n) is 5.00. The standard InChI is InChI=1S/C11H13N5/c1-9(4-5-12)10-2-3-11(14-6-10)16-8-13-7-15-16/h2-3,6-8H,1,4-5,12H2. The van der Waals surface area contributed by atoms with E-state index in [4.69, 9.17) is 5.73 Å². The van der Waals surface area contributed by atoms with Crippen molar-refractivity contribution in [3.05, 3.63) is 43.1 Å². The highest BCUT2D eigenvalue weighted by molar-refractivity contribution is 5.62. The molecule has 5 heteroatoms. The molecule has 0 radical (unpaired) electrons. The fourth-order valence-corrected chi connectivity index (χ4v) is 1.38. The maximum absolute atomic E-state index is 5.47. The van der Waals surface area contributed by atoms with Crippen LogP contribution in [0.1, 0.15) is 12.0 Å². The predicted molar refractivity (Wildman–Crippen MR) is 61.9 cm³/mol. The van der Waals surface area contributed by atoms with E-state index in [1.807, 2.05) is 12.1 Å². The molecule has 0 aliphatic heterocycles. The summed E-state index contributed by atoms with van der Waals surface area (Å²) < 4.78 is 1.61. The second-order valence-electron chi connectivity index (χ2n) is 3.39. The summed E-state index contributed by atoms with van der Waals surface area (Å²) >= 11 is 0. The number of rotatable bonds is 4. The van der Waals surface area contributed by atoms with Gasteiger partial charge >= 0.3 is 0 Å². The number of hydrogen-bond acceptors (Lipinski definition) is 4. The van der Waals surface area contributed by atoms with Gasteiger partial charge in [-0.25, -0.2) is 14.6 Å². The molecule has 16 heavy (non-hydrogen) atoms. The molecule has 82 valence electrons. The second-order valence-corrected chi connectivity index (χ2v) is 3.39. The number of nitrogens with zero attached hydrogens (tertiary/aromatic N) is 4. The number of hydrogen-bond donors (Lipinski definition) is 1. The van der Waals surface area contributed by atoms with Crippen molar-refractivity contribution in [3.63, 3.8) is 0 Å². The van der Waals surface area contributed by atoms with Crippen LogP contribution in [0.4, 0.5) is 0 Å². The van der Waals surface area contributed by atoms with Crippen LogP contribution in [0.5, 0.6) is 0 Å². The lowest BCUT2D eigenvalue weighted by Gasteiger charge is -2.04. The monoisotopic (exact) mass is 215 g/mol. The summed E-state index contributed by atoms with van der Waals surface area (Å²) in [5, 5.41) is 4.00. The Bertz CT molecular complexity index is 458. The Morgan fingerprint density at radius 1 is 1.44 bits per heavy atom. The van der Waals surface area contributed by atoms with Crippen molar-refractivity contribution in [2.75, 3.05) is 6.54 Å². The molecule has 0 aliphatic carbocycles. The van der Waals surface area contributed by atoms with Crippen LogP contribution in [0.25, 0.3) is 11.4 Å². The zero-order valence-electron chi connectivity index (χ0n) is 8.87. The van der Waals surface area contributed by atoms with Gasteiger partial charge in [0.1, 0.15) is 12.7 Å². The van der Waals surface area contributed by atoms with E-state index in [9.17, 15) is 0 Å². The van der Waals surface area contributed by atoms with E-state index < -0.39 is 0 Å². The molecule has 5 nitrogen and oxygen atoms in total. The van der Waals surface area contributed by atoms with Crippen LogP contribution in [0.15, 0.2) is 37.6 Å². The SMILES string of the molecule is C=C(CCN)c1ccc(-n2cncn2)nc1. The lowest BCUT2D eigenvalue weighted by atomic mass is 10.1. The fourth-order valence-electron chi connectivity index (χ4n) is 1.38. The molecule has 2 aromatic rings. The molecule has 0 aromatic carbocycles. The van der Waals surface area contributed by atoms with Crippen molar-refractivity contribution in [3.8, 4) is 5.82 Å². The van der Waals surface area contributed by atoms with Gasteiger partial charge in [-0.1, -0.05) is 6.58 Å². The maximum atomic E-state index is 5.47. The number of pyridine rings is 1. The third-order valence-electron chi connectivity index (χ3n) is 2.26. The average Bonchev–Trinajstić information content (AvgIpc) is 2.83. The summed E-state index contributed by atoms with van der Waals surface area (Å²) in [6, 6.07) is 3.84. The summed E-state index contributed by atoms with van der Waals surface area (Å²) in [5.74, 6) is 0.738. The van der Waals surface area contributed by atoms with E-state index in [0.717, 1.165) is 23.4 Å². The van der Waals surface area contributed by atoms with Crippen molar-refractivity contribution in [1.82, 2.24) is 19.7 Å². The van der Waals surface area contributed by atoms with Gasteiger partial charge in [-0.15, -0.1) is 0 Å². The smallest absolute Gasteiger partial charge is 0.155 e. The molecule has 0 bridgehead atoms. The van der Waals surface area contributed by atoms with Crippen molar-refractivity contribution in [2.24, 2.45) is 5.73 Å². The van der Waals surface area contributed by atoms with Crippen LogP contribution >= 0.6 is 0 Å². The average molecular weight is 215 g/mol. The van der Waals surface area contributed by atoms with Crippen LogP contribution < -0.4 is 5.73 Å². The van der Waals surface area contributed by atoms with Crippen molar-refractivity contribution >= 4 is 5.57 Å². The summed E-state index contributed by atoms with van der Waals surface area (Å²) in [6.07, 6.45) is 5.64. The van der Waals surface area contributed by atoms with Gasteiger partial charge < -0.3 is 5.73 Å². The van der Waals surface area contributed by atoms with E-state index in [1.165, 1.54) is 6.33 Å². The second kappa shape index (κ2) is 4.67. The summed E-state index contributed by atoms with van der Waals surface area (Å²) in [4.78, 5) is 8.15. The van der Waals surface area contributed by atoms with Gasteiger partial charge in [-0.3, -0.25) is 0 Å². The first-order valence-corrected chi connectivity index (χ1v) is 5.00. The van der Waals surface area contributed by atoms with Gasteiger partial charge in [-0.05, 0) is 36.2 Å². The van der Waals surface area contributed by atoms with Gasteiger partial charge in [-0.2, -0.15) is 5.10 Å². The van der Waals surface area contributed by atoms with E-state index in [2.05, 4.69) is 21.6 Å². The molecule has 2 N–H and O–H groups in total. The van der Waals surface area contributed by atoms with Gasteiger partial charge in [0, 0.05) is 6.20 Å². The van der Waals surface area contributed by atoms with E-state index in [0.29, 0.717) is 6.54 Å². The molecular weight excluding hydrogens is 202 g/mol. The molecule has 2 rings (SSSR count). The Kier molecular flexibility index (Phi) is 3.07. The molecule has 0 aliphatic rings. The lowest BCUT2D eigenvalue weighted by molar-refractivity contribution is 0.844. The Labute approximate surface area is 93.6 Å². The van der Waals surface area contributed by atoms with Gasteiger partial charge in [0.05, 0.1) is 0 Å². The minimum Gasteiger partial charge on any atom is -0.330 e. The third kappa shape index (κ3) is 2.14. The van der Waals surface area contributed by atoms with Gasteiger partial charge in [0.15, 0.2) is 5.82 Å². The molecule has 0 atom stereocenters. The quantitative estimate of drug-likeness (QED) is 0.826. The molecule has 2 heterocycles. The molecular formula is C11H13N5. The highest BCUT2D eigenvalue weighted by Crippen LogP contribution is 2.15. The summed E-state index contributed by atoms with van der Waals surface area (Å²) in [7, 11) is 0. The van der Waals surface area contributed by atoms with Gasteiger partial charge in [0.25, 0.3) is 0 Å². The molecule has 0 amide bonds. The van der Waals surface area contributed by atoms with Crippen LogP contribution in [0.2, 0.25) is 0 Å². The highest BCUT2D eigenvalue weighted by Gasteiger charge is 2.01. The summed E-state index contributed by atoms with van der Waals surface area (Å²) in [5.41, 5.74) is 7.48. The number of aromatic nitrogens is 4. The van der Waals surface area contributed by atoms with Crippen LogP contribution in [-0.2, 0) is 0 Å². The first-order chi connectivity index (χ1) is 7.81. The molecule has 2 aromatic heterocycles. The van der Waals surface area contributed by atoms with Crippen LogP contribution in [0, 0.1) is 0 Å². The molecule has 0 fully saturated rings. The molecule has 0 unspecified atom stereocenters. The lowest BCUT2D eigenvalue weighted by Crippen LogP contribution is -2.01. The zero-order valence-corrected chi connectivity index (χ0v) is 8.87. The Morgan fingerprint density at radius 2 is 2.31 bits per heavy atom. The van der Waals surface area contributed by atoms with Crippen LogP contribution in [-0.4, -0.2) is 26.3 Å². The normalized spacial score (nSPS) is 10.3. The van der Waals surface area contributed by atoms with Crippen LogP contribution in [0.3, 0.4) is 0 Å². The third-order valence-corrected chi connectivity index (χ3v) is 2.26. The van der Waals surface area contributed by atoms with Crippen molar-refractivity contribution in [2.45, 2.75) is 6.42 Å². The predicted octanol–water partition coefficient (Wildman–Crippen LogP) is 1.02. The largest absolute Gasteiger partial charge is 0.330 e. The molecule has 0 saturated carbocycles. The van der Waals surface area contributed by atoms with Gasteiger partial charge in [0.2, 0.25) is 0 Å². The van der Waals surface area contributed by atoms with Crippen molar-refractivity contribution in [1.29, 1.82) is 0 Å². The minimum absolute atomic E-state index is 0.601. The Morgan fingerprint density at radius 3 is 2.88 bits per heavy atom. The Hall–Kier alpha value is -2.01. The summed E-state index contributed by atoms with van der Waals surface area (Å²) in [6.45, 7) is 4.55. The Balaban J connectivity index is 2.20. The maximum Gasteiger partial charge on any atom is 0.155 e. The minimum atomic E-state index is 0.601. The van der Waals surface area contributed by atoms with E-state index in [1.54, 1.807) is 17.2 Å². The van der Waals surface area contributed by atoms with E-state index >= 15 is 0 Å². The fraction of sp³-hybridized carbons (Fsp3) is 0.182. The zero-order chi connectivity index (χ0) is 11.4. The van der Waals surface area contributed by atoms with Crippen molar-refractivity contribution < 1.29 is 0 Å². The van der Waals surface area contributed by atoms with E-state index in [-0.39, 0.29) is 0 Å². The first kappa shape index (κ1) is 10.5. The molecule has 0 saturated heterocycles. The highest BCUT2D eigenvalue weighted by atomic mass is 15.3.